The Labute approximate surface area is 132 Å². The van der Waals surface area contributed by atoms with Gasteiger partial charge in [-0.1, -0.05) is 24.3 Å². The maximum Gasteiger partial charge on any atom is 0.210 e. The van der Waals surface area contributed by atoms with E-state index in [0.29, 0.717) is 12.5 Å². The summed E-state index contributed by atoms with van der Waals surface area (Å²) in [6, 6.07) is 15.8. The van der Waals surface area contributed by atoms with Gasteiger partial charge in [0.1, 0.15) is 12.1 Å². The molecule has 1 N–H and O–H groups in total. The number of nitrogens with zero attached hydrogens (tertiary/aromatic N) is 4. The van der Waals surface area contributed by atoms with Crippen molar-refractivity contribution in [3.63, 3.8) is 0 Å². The van der Waals surface area contributed by atoms with Crippen molar-refractivity contribution in [2.45, 2.75) is 6.54 Å². The van der Waals surface area contributed by atoms with Gasteiger partial charge in [0.25, 0.3) is 0 Å². The number of rotatable bonds is 4. The zero-order valence-electron chi connectivity index (χ0n) is 12.6. The zero-order chi connectivity index (χ0) is 15.6. The second-order valence-electron chi connectivity index (χ2n) is 5.18. The van der Waals surface area contributed by atoms with E-state index in [1.807, 2.05) is 52.9 Å². The van der Waals surface area contributed by atoms with Crippen LogP contribution in [-0.2, 0) is 6.54 Å². The van der Waals surface area contributed by atoms with E-state index in [0.717, 1.165) is 27.9 Å². The molecular weight excluding hydrogens is 290 g/mol. The van der Waals surface area contributed by atoms with Crippen LogP contribution in [0.25, 0.3) is 16.6 Å². The third-order valence-corrected chi connectivity index (χ3v) is 3.73. The van der Waals surface area contributed by atoms with Gasteiger partial charge < -0.3 is 10.1 Å². The highest BCUT2D eigenvalue weighted by atomic mass is 16.5. The van der Waals surface area contributed by atoms with Gasteiger partial charge in [0.2, 0.25) is 5.95 Å². The molecule has 0 atom stereocenters. The molecule has 0 spiro atoms. The highest BCUT2D eigenvalue weighted by Crippen LogP contribution is 2.20. The number of para-hydroxylation sites is 1. The second-order valence-corrected chi connectivity index (χ2v) is 5.18. The lowest BCUT2D eigenvalue weighted by Gasteiger charge is -2.10. The summed E-state index contributed by atoms with van der Waals surface area (Å²) in [5.74, 6) is 1.55. The van der Waals surface area contributed by atoms with Crippen LogP contribution in [0.3, 0.4) is 0 Å². The van der Waals surface area contributed by atoms with Crippen LogP contribution in [0.2, 0.25) is 0 Å². The molecule has 6 nitrogen and oxygen atoms in total. The van der Waals surface area contributed by atoms with Crippen molar-refractivity contribution >= 4 is 22.5 Å². The van der Waals surface area contributed by atoms with Crippen molar-refractivity contribution in [3.8, 4) is 5.75 Å². The maximum absolute atomic E-state index is 5.25. The number of benzene rings is 2. The van der Waals surface area contributed by atoms with Crippen LogP contribution in [-0.4, -0.2) is 26.7 Å². The molecular formula is C17H15N5O. The molecule has 0 fully saturated rings. The summed E-state index contributed by atoms with van der Waals surface area (Å²) in [7, 11) is 1.66. The molecule has 4 rings (SSSR count). The number of hydrogen-bond acceptors (Lipinski definition) is 5. The largest absolute Gasteiger partial charge is 0.497 e. The minimum absolute atomic E-state index is 0.635. The molecule has 0 bridgehead atoms. The van der Waals surface area contributed by atoms with E-state index < -0.39 is 0 Å². The number of hydrogen-bond donors (Lipinski definition) is 1. The van der Waals surface area contributed by atoms with Crippen LogP contribution in [0, 0.1) is 0 Å². The Kier molecular flexibility index (Phi) is 3.27. The van der Waals surface area contributed by atoms with Crippen LogP contribution in [0.5, 0.6) is 5.75 Å². The van der Waals surface area contributed by atoms with Gasteiger partial charge in [-0.2, -0.15) is 0 Å². The number of aromatic nitrogens is 4. The van der Waals surface area contributed by atoms with E-state index >= 15 is 0 Å². The summed E-state index contributed by atoms with van der Waals surface area (Å²) < 4.78 is 7.12. The van der Waals surface area contributed by atoms with Crippen LogP contribution >= 0.6 is 0 Å². The Morgan fingerprint density at radius 1 is 1.13 bits per heavy atom. The Hall–Kier alpha value is -3.15. The van der Waals surface area contributed by atoms with Crippen molar-refractivity contribution in [3.05, 3.63) is 60.4 Å². The molecule has 0 unspecified atom stereocenters. The van der Waals surface area contributed by atoms with Crippen molar-refractivity contribution in [2.24, 2.45) is 0 Å². The first kappa shape index (κ1) is 13.5. The normalized spacial score (nSPS) is 11.0. The highest BCUT2D eigenvalue weighted by Gasteiger charge is 2.09. The first-order valence-electron chi connectivity index (χ1n) is 7.30. The first-order valence-corrected chi connectivity index (χ1v) is 7.30. The molecule has 0 aliphatic heterocycles. The first-order chi connectivity index (χ1) is 11.3. The van der Waals surface area contributed by atoms with Gasteiger partial charge >= 0.3 is 0 Å². The molecule has 0 aliphatic carbocycles. The molecule has 0 radical (unpaired) electrons. The molecule has 23 heavy (non-hydrogen) atoms. The lowest BCUT2D eigenvalue weighted by molar-refractivity contribution is 0.414. The number of ether oxygens (including phenoxy) is 1. The molecule has 114 valence electrons. The molecule has 0 aliphatic rings. The van der Waals surface area contributed by atoms with Gasteiger partial charge in [-0.25, -0.2) is 4.98 Å². The molecule has 2 aromatic heterocycles. The van der Waals surface area contributed by atoms with Gasteiger partial charge in [-0.3, -0.25) is 4.40 Å². The molecule has 4 aromatic rings. The molecule has 2 aromatic carbocycles. The predicted molar refractivity (Wildman–Crippen MR) is 88.6 cm³/mol. The Balaban J connectivity index is 1.71. The quantitative estimate of drug-likeness (QED) is 0.628. The van der Waals surface area contributed by atoms with Crippen LogP contribution in [0.15, 0.2) is 54.9 Å². The maximum atomic E-state index is 5.25. The summed E-state index contributed by atoms with van der Waals surface area (Å²) in [4.78, 5) is 4.67. The van der Waals surface area contributed by atoms with Gasteiger partial charge in [0.15, 0.2) is 5.65 Å². The molecule has 0 saturated heterocycles. The Morgan fingerprint density at radius 2 is 2.04 bits per heavy atom. The van der Waals surface area contributed by atoms with Gasteiger partial charge in [0, 0.05) is 11.9 Å². The lowest BCUT2D eigenvalue weighted by Crippen LogP contribution is -2.06. The van der Waals surface area contributed by atoms with Crippen molar-refractivity contribution < 1.29 is 4.74 Å². The van der Waals surface area contributed by atoms with E-state index in [1.165, 1.54) is 0 Å². The summed E-state index contributed by atoms with van der Waals surface area (Å²) in [6.45, 7) is 0.635. The van der Waals surface area contributed by atoms with E-state index in [2.05, 4.69) is 20.5 Å². The van der Waals surface area contributed by atoms with Gasteiger partial charge in [-0.05, 0) is 29.8 Å². The van der Waals surface area contributed by atoms with Crippen molar-refractivity contribution in [2.75, 3.05) is 12.4 Å². The number of nitrogens with one attached hydrogen (secondary N) is 1. The molecule has 0 amide bonds. The fourth-order valence-corrected chi connectivity index (χ4v) is 2.59. The predicted octanol–water partition coefficient (Wildman–Crippen LogP) is 2.90. The highest BCUT2D eigenvalue weighted by molar-refractivity contribution is 5.92. The second kappa shape index (κ2) is 5.57. The summed E-state index contributed by atoms with van der Waals surface area (Å²) >= 11 is 0. The van der Waals surface area contributed by atoms with Crippen LogP contribution in [0.1, 0.15) is 5.56 Å². The third-order valence-electron chi connectivity index (χ3n) is 3.73. The summed E-state index contributed by atoms with van der Waals surface area (Å²) in [5, 5.41) is 12.5. The average Bonchev–Trinajstić information content (AvgIpc) is 3.10. The number of anilines is 1. The fraction of sp³-hybridized carbons (Fsp3) is 0.118. The Morgan fingerprint density at radius 3 is 2.96 bits per heavy atom. The van der Waals surface area contributed by atoms with Crippen LogP contribution < -0.4 is 10.1 Å². The molecule has 2 heterocycles. The lowest BCUT2D eigenvalue weighted by atomic mass is 10.2. The standard InChI is InChI=1S/C17H15N5O/c1-23-13-6-4-5-12(9-13)10-18-17-20-15-8-3-2-7-14(15)16-21-19-11-22(16)17/h2-9,11H,10H2,1H3,(H,18,20). The zero-order valence-corrected chi connectivity index (χ0v) is 12.6. The minimum Gasteiger partial charge on any atom is -0.497 e. The van der Waals surface area contributed by atoms with E-state index in [1.54, 1.807) is 13.4 Å². The summed E-state index contributed by atoms with van der Waals surface area (Å²) in [5.41, 5.74) is 2.80. The number of methoxy groups -OCH3 is 1. The van der Waals surface area contributed by atoms with Gasteiger partial charge in [0.05, 0.1) is 12.6 Å². The fourth-order valence-electron chi connectivity index (χ4n) is 2.59. The molecule has 0 saturated carbocycles. The van der Waals surface area contributed by atoms with Gasteiger partial charge in [-0.15, -0.1) is 10.2 Å². The Bertz CT molecular complexity index is 979. The number of fused-ring (bicyclic) bond motifs is 3. The van der Waals surface area contributed by atoms with E-state index in [-0.39, 0.29) is 0 Å². The third kappa shape index (κ3) is 2.44. The minimum atomic E-state index is 0.635. The topological polar surface area (TPSA) is 64.3 Å². The van der Waals surface area contributed by atoms with Crippen molar-refractivity contribution in [1.29, 1.82) is 0 Å². The average molecular weight is 305 g/mol. The smallest absolute Gasteiger partial charge is 0.210 e. The van der Waals surface area contributed by atoms with Crippen LogP contribution in [0.4, 0.5) is 5.95 Å². The summed E-state index contributed by atoms with van der Waals surface area (Å²) in [6.07, 6.45) is 1.67. The van der Waals surface area contributed by atoms with E-state index in [9.17, 15) is 0 Å². The van der Waals surface area contributed by atoms with Crippen molar-refractivity contribution in [1.82, 2.24) is 19.6 Å². The monoisotopic (exact) mass is 305 g/mol. The SMILES string of the molecule is COc1cccc(CNc2nc3ccccc3c3nncn23)c1. The molecule has 6 heteroatoms. The van der Waals surface area contributed by atoms with E-state index in [4.69, 9.17) is 4.74 Å².